The summed E-state index contributed by atoms with van der Waals surface area (Å²) in [6, 6.07) is 6.01. The summed E-state index contributed by atoms with van der Waals surface area (Å²) in [5.74, 6) is -2.35. The summed E-state index contributed by atoms with van der Waals surface area (Å²) >= 11 is 5.85. The Morgan fingerprint density at radius 2 is 1.79 bits per heavy atom. The van der Waals surface area contributed by atoms with Gasteiger partial charge in [-0.05, 0) is 43.5 Å². The van der Waals surface area contributed by atoms with E-state index in [1.807, 2.05) is 6.08 Å². The fourth-order valence-corrected chi connectivity index (χ4v) is 3.51. The molecule has 0 bridgehead atoms. The van der Waals surface area contributed by atoms with Crippen molar-refractivity contribution >= 4 is 35.5 Å². The largest absolute Gasteiger partial charge is 0.466 e. The van der Waals surface area contributed by atoms with Crippen LogP contribution in [-0.4, -0.2) is 30.5 Å². The van der Waals surface area contributed by atoms with Crippen molar-refractivity contribution in [3.05, 3.63) is 81.6 Å². The second-order valence-electron chi connectivity index (χ2n) is 7.51. The zero-order chi connectivity index (χ0) is 24.5. The molecule has 1 aromatic carbocycles. The average Bonchev–Trinajstić information content (AvgIpc) is 3.32. The van der Waals surface area contributed by atoms with E-state index in [1.54, 1.807) is 18.2 Å². The second-order valence-corrected chi connectivity index (χ2v) is 7.95. The summed E-state index contributed by atoms with van der Waals surface area (Å²) in [6.07, 6.45) is 10.6. The number of rotatable bonds is 10. The summed E-state index contributed by atoms with van der Waals surface area (Å²) in [6.45, 7) is 1.80. The van der Waals surface area contributed by atoms with Gasteiger partial charge < -0.3 is 9.47 Å². The molecule has 9 heteroatoms. The van der Waals surface area contributed by atoms with Gasteiger partial charge in [0.05, 0.1) is 17.7 Å². The van der Waals surface area contributed by atoms with Gasteiger partial charge in [0.15, 0.2) is 0 Å². The highest BCUT2D eigenvalue weighted by atomic mass is 35.5. The molecule has 0 radical (unpaired) electrons. The number of hydrogen-bond donors (Lipinski definition) is 0. The molecule has 0 saturated heterocycles. The Morgan fingerprint density at radius 3 is 2.56 bits per heavy atom. The summed E-state index contributed by atoms with van der Waals surface area (Å²) in [5, 5.41) is 0.336. The standard InChI is InChI=1S/C25H23ClO8/c1-16(27)31-12-7-5-3-2-4-6-11-19-20-15-23(28)32-22(20)14-21(19)25(30)34-33-24(29)17-9-8-10-18(26)13-17/h6,8-11,13-15H,2-5,7,12H2,1H3/b11-6+. The van der Waals surface area contributed by atoms with Crippen LogP contribution in [0.4, 0.5) is 0 Å². The normalized spacial score (nSPS) is 14.5. The van der Waals surface area contributed by atoms with E-state index in [0.717, 1.165) is 32.1 Å². The minimum atomic E-state index is -0.903. The monoisotopic (exact) mass is 486 g/mol. The van der Waals surface area contributed by atoms with Gasteiger partial charge in [0.25, 0.3) is 0 Å². The van der Waals surface area contributed by atoms with Gasteiger partial charge in [0.1, 0.15) is 5.76 Å². The van der Waals surface area contributed by atoms with Crippen LogP contribution < -0.4 is 0 Å². The summed E-state index contributed by atoms with van der Waals surface area (Å²) in [4.78, 5) is 56.4. The van der Waals surface area contributed by atoms with Crippen molar-refractivity contribution in [1.29, 1.82) is 0 Å². The van der Waals surface area contributed by atoms with Crippen molar-refractivity contribution in [2.75, 3.05) is 6.61 Å². The van der Waals surface area contributed by atoms with Gasteiger partial charge in [0.2, 0.25) is 0 Å². The van der Waals surface area contributed by atoms with Gasteiger partial charge in [-0.1, -0.05) is 42.7 Å². The van der Waals surface area contributed by atoms with Crippen LogP contribution in [-0.2, 0) is 33.6 Å². The Balaban J connectivity index is 1.57. The first-order valence-electron chi connectivity index (χ1n) is 10.7. The molecule has 0 fully saturated rings. The van der Waals surface area contributed by atoms with Crippen LogP contribution in [0.2, 0.25) is 5.02 Å². The Morgan fingerprint density at radius 1 is 1.03 bits per heavy atom. The first-order chi connectivity index (χ1) is 16.3. The molecular weight excluding hydrogens is 464 g/mol. The number of ether oxygens (including phenoxy) is 2. The molecule has 178 valence electrons. The maximum absolute atomic E-state index is 12.6. The Labute approximate surface area is 201 Å². The minimum Gasteiger partial charge on any atom is -0.466 e. The smallest absolute Gasteiger partial charge is 0.387 e. The lowest BCUT2D eigenvalue weighted by molar-refractivity contribution is -0.229. The molecule has 0 amide bonds. The molecule has 1 aliphatic heterocycles. The van der Waals surface area contributed by atoms with E-state index in [9.17, 15) is 19.2 Å². The van der Waals surface area contributed by atoms with Crippen LogP contribution in [0.1, 0.15) is 49.4 Å². The van der Waals surface area contributed by atoms with Gasteiger partial charge in [-0.15, -0.1) is 0 Å². The van der Waals surface area contributed by atoms with E-state index >= 15 is 0 Å². The molecule has 8 nitrogen and oxygen atoms in total. The highest BCUT2D eigenvalue weighted by molar-refractivity contribution is 6.30. The van der Waals surface area contributed by atoms with Crippen molar-refractivity contribution in [2.45, 2.75) is 39.0 Å². The summed E-state index contributed by atoms with van der Waals surface area (Å²) in [7, 11) is 0. The molecule has 34 heavy (non-hydrogen) atoms. The van der Waals surface area contributed by atoms with Crippen LogP contribution in [0.25, 0.3) is 0 Å². The van der Waals surface area contributed by atoms with E-state index in [2.05, 4.69) is 4.89 Å². The Hall–Kier alpha value is -3.65. The molecule has 0 saturated carbocycles. The van der Waals surface area contributed by atoms with Crippen LogP contribution >= 0.6 is 11.6 Å². The highest BCUT2D eigenvalue weighted by Crippen LogP contribution is 2.37. The SMILES string of the molecule is CC(=O)OCCCCCC/C=C/C1=C(C(=O)OOC(=O)c2cccc(Cl)c2)C=C2OC(=O)C=C21. The predicted molar refractivity (Wildman–Crippen MR) is 121 cm³/mol. The number of unbranched alkanes of at least 4 members (excludes halogenated alkanes) is 4. The fraction of sp³-hybridized carbons (Fsp3) is 0.280. The maximum Gasteiger partial charge on any atom is 0.387 e. The third-order valence-corrected chi connectivity index (χ3v) is 5.16. The van der Waals surface area contributed by atoms with Crippen LogP contribution in [0.5, 0.6) is 0 Å². The number of hydrogen-bond acceptors (Lipinski definition) is 8. The molecule has 0 spiro atoms. The first-order valence-corrected chi connectivity index (χ1v) is 11.1. The molecule has 1 heterocycles. The quantitative estimate of drug-likeness (QED) is 0.203. The lowest BCUT2D eigenvalue weighted by Gasteiger charge is -2.05. The molecule has 0 N–H and O–H groups in total. The topological polar surface area (TPSA) is 105 Å². The number of esters is 2. The van der Waals surface area contributed by atoms with Crippen LogP contribution in [0.3, 0.4) is 0 Å². The molecule has 2 aliphatic rings. The van der Waals surface area contributed by atoms with Gasteiger partial charge in [-0.2, -0.15) is 0 Å². The maximum atomic E-state index is 12.6. The minimum absolute atomic E-state index is 0.102. The molecule has 0 aromatic heterocycles. The highest BCUT2D eigenvalue weighted by Gasteiger charge is 2.33. The summed E-state index contributed by atoms with van der Waals surface area (Å²) in [5.41, 5.74) is 1.14. The number of benzene rings is 1. The Kier molecular flexibility index (Phi) is 8.81. The van der Waals surface area contributed by atoms with Crippen molar-refractivity contribution < 1.29 is 38.4 Å². The number of allylic oxidation sites excluding steroid dienone is 3. The third kappa shape index (κ3) is 6.92. The van der Waals surface area contributed by atoms with Crippen molar-refractivity contribution in [3.8, 4) is 0 Å². The van der Waals surface area contributed by atoms with Crippen LogP contribution in [0.15, 0.2) is 71.0 Å². The Bertz CT molecular complexity index is 1110. The fourth-order valence-electron chi connectivity index (χ4n) is 3.32. The van der Waals surface area contributed by atoms with E-state index in [1.165, 1.54) is 31.2 Å². The molecule has 1 aromatic rings. The number of fused-ring (bicyclic) bond motifs is 1. The van der Waals surface area contributed by atoms with E-state index in [4.69, 9.17) is 26.0 Å². The zero-order valence-corrected chi connectivity index (χ0v) is 19.3. The number of carbonyl (C=O) groups is 4. The third-order valence-electron chi connectivity index (χ3n) is 4.92. The molecule has 1 aliphatic carbocycles. The first kappa shape index (κ1) is 25.0. The molecule has 0 atom stereocenters. The zero-order valence-electron chi connectivity index (χ0n) is 18.5. The lowest BCUT2D eigenvalue weighted by Crippen LogP contribution is -2.13. The number of carbonyl (C=O) groups excluding carboxylic acids is 4. The van der Waals surface area contributed by atoms with Gasteiger partial charge in [-0.3, -0.25) is 4.79 Å². The molecule has 0 unspecified atom stereocenters. The lowest BCUT2D eigenvalue weighted by atomic mass is 10.0. The van der Waals surface area contributed by atoms with E-state index in [-0.39, 0.29) is 22.9 Å². The van der Waals surface area contributed by atoms with E-state index < -0.39 is 17.9 Å². The molecular formula is C25H23ClO8. The number of halogens is 1. The average molecular weight is 487 g/mol. The molecule has 3 rings (SSSR count). The van der Waals surface area contributed by atoms with E-state index in [0.29, 0.717) is 22.8 Å². The van der Waals surface area contributed by atoms with Crippen molar-refractivity contribution in [2.24, 2.45) is 0 Å². The predicted octanol–water partition coefficient (Wildman–Crippen LogP) is 4.70. The van der Waals surface area contributed by atoms with Gasteiger partial charge in [-0.25, -0.2) is 24.2 Å². The van der Waals surface area contributed by atoms with Crippen molar-refractivity contribution in [3.63, 3.8) is 0 Å². The van der Waals surface area contributed by atoms with Gasteiger partial charge in [0, 0.05) is 29.2 Å². The van der Waals surface area contributed by atoms with Crippen LogP contribution in [0, 0.1) is 0 Å². The second kappa shape index (κ2) is 12.0. The van der Waals surface area contributed by atoms with Gasteiger partial charge >= 0.3 is 23.9 Å². The summed E-state index contributed by atoms with van der Waals surface area (Å²) < 4.78 is 9.98. The van der Waals surface area contributed by atoms with Crippen molar-refractivity contribution in [1.82, 2.24) is 0 Å².